The van der Waals surface area contributed by atoms with Crippen LogP contribution in [0.15, 0.2) is 46.5 Å². The lowest BCUT2D eigenvalue weighted by atomic mass is 9.89. The largest absolute Gasteiger partial charge is 0.342 e. The SMILES string of the molecule is CC1=C(C#N)C(=O)n2nc(CC(C)(C)C)nc2C1=Nc1sc(N(C2CCCCC2)C2CCCCC2)nc1-c1ccccc1. The molecular weight excluding hydrogens is 554 g/mol. The van der Waals surface area contributed by atoms with Crippen molar-refractivity contribution < 1.29 is 4.79 Å². The van der Waals surface area contributed by atoms with Crippen molar-refractivity contribution in [1.82, 2.24) is 19.7 Å². The van der Waals surface area contributed by atoms with Crippen molar-refractivity contribution in [1.29, 1.82) is 5.26 Å². The molecule has 2 saturated carbocycles. The van der Waals surface area contributed by atoms with E-state index in [2.05, 4.69) is 49.0 Å². The van der Waals surface area contributed by atoms with Crippen molar-refractivity contribution >= 4 is 33.1 Å². The van der Waals surface area contributed by atoms with E-state index in [0.29, 0.717) is 41.4 Å². The minimum absolute atomic E-state index is 0.0514. The van der Waals surface area contributed by atoms with Crippen LogP contribution in [0.2, 0.25) is 0 Å². The Hall–Kier alpha value is -3.64. The van der Waals surface area contributed by atoms with E-state index in [0.717, 1.165) is 21.4 Å². The van der Waals surface area contributed by atoms with E-state index in [9.17, 15) is 10.1 Å². The number of carbonyl (C=O) groups excluding carboxylic acids is 1. The van der Waals surface area contributed by atoms with Gasteiger partial charge in [-0.25, -0.2) is 15.0 Å². The predicted molar refractivity (Wildman–Crippen MR) is 172 cm³/mol. The zero-order valence-electron chi connectivity index (χ0n) is 25.8. The van der Waals surface area contributed by atoms with Crippen LogP contribution >= 0.6 is 11.3 Å². The van der Waals surface area contributed by atoms with E-state index in [-0.39, 0.29) is 11.0 Å². The van der Waals surface area contributed by atoms with Crippen molar-refractivity contribution in [2.45, 2.75) is 110 Å². The lowest BCUT2D eigenvalue weighted by molar-refractivity contribution is 0.0941. The second-order valence-electron chi connectivity index (χ2n) is 13.4. The Morgan fingerprint density at radius 3 is 2.21 bits per heavy atom. The second kappa shape index (κ2) is 12.2. The van der Waals surface area contributed by atoms with E-state index >= 15 is 0 Å². The molecule has 2 aliphatic carbocycles. The molecule has 1 aromatic carbocycles. The number of anilines is 1. The number of hydrogen-bond acceptors (Lipinski definition) is 8. The van der Waals surface area contributed by atoms with Crippen LogP contribution in [0.1, 0.15) is 108 Å². The summed E-state index contributed by atoms with van der Waals surface area (Å²) < 4.78 is 1.27. The van der Waals surface area contributed by atoms with E-state index in [1.54, 1.807) is 18.3 Å². The van der Waals surface area contributed by atoms with Gasteiger partial charge < -0.3 is 4.90 Å². The first-order valence-electron chi connectivity index (χ1n) is 15.8. The molecule has 0 unspecified atom stereocenters. The summed E-state index contributed by atoms with van der Waals surface area (Å²) in [7, 11) is 0. The predicted octanol–water partition coefficient (Wildman–Crippen LogP) is 8.08. The summed E-state index contributed by atoms with van der Waals surface area (Å²) in [4.78, 5) is 31.3. The zero-order chi connectivity index (χ0) is 30.1. The van der Waals surface area contributed by atoms with Gasteiger partial charge in [-0.05, 0) is 38.0 Å². The van der Waals surface area contributed by atoms with Crippen molar-refractivity contribution in [2.75, 3.05) is 4.90 Å². The highest BCUT2D eigenvalue weighted by Gasteiger charge is 2.35. The van der Waals surface area contributed by atoms with Gasteiger partial charge >= 0.3 is 0 Å². The summed E-state index contributed by atoms with van der Waals surface area (Å²) in [6.07, 6.45) is 13.1. The van der Waals surface area contributed by atoms with Crippen molar-refractivity contribution in [2.24, 2.45) is 10.4 Å². The smallest absolute Gasteiger partial charge is 0.291 e. The number of fused-ring (bicyclic) bond motifs is 1. The molecule has 0 spiro atoms. The Labute approximate surface area is 258 Å². The molecule has 3 aliphatic rings. The van der Waals surface area contributed by atoms with Gasteiger partial charge in [-0.15, -0.1) is 5.10 Å². The monoisotopic (exact) mass is 595 g/mol. The molecule has 2 aromatic heterocycles. The molecule has 8 nitrogen and oxygen atoms in total. The van der Waals surface area contributed by atoms with Gasteiger partial charge in [-0.3, -0.25) is 4.79 Å². The molecule has 6 rings (SSSR count). The number of rotatable bonds is 6. The first kappa shape index (κ1) is 29.4. The van der Waals surface area contributed by atoms with Gasteiger partial charge in [0.25, 0.3) is 5.91 Å². The molecular formula is C34H41N7OS. The number of allylic oxidation sites excluding steroid dienone is 2. The Morgan fingerprint density at radius 2 is 1.63 bits per heavy atom. The number of thiazole rings is 1. The topological polar surface area (TPSA) is 100 Å². The number of aliphatic imine (C=N–C) groups is 1. The molecule has 9 heteroatoms. The molecule has 3 heterocycles. The minimum Gasteiger partial charge on any atom is -0.342 e. The van der Waals surface area contributed by atoms with E-state index in [1.165, 1.54) is 68.9 Å². The molecule has 1 aliphatic heterocycles. The lowest BCUT2D eigenvalue weighted by Crippen LogP contribution is -2.45. The van der Waals surface area contributed by atoms with Crippen LogP contribution in [0.3, 0.4) is 0 Å². The van der Waals surface area contributed by atoms with Gasteiger partial charge in [0, 0.05) is 29.6 Å². The van der Waals surface area contributed by atoms with Crippen LogP contribution in [0, 0.1) is 16.7 Å². The maximum atomic E-state index is 13.3. The molecule has 0 N–H and O–H groups in total. The van der Waals surface area contributed by atoms with Crippen LogP contribution in [0.5, 0.6) is 0 Å². The number of benzene rings is 1. The Bertz CT molecular complexity index is 1570. The van der Waals surface area contributed by atoms with Crippen molar-refractivity contribution in [3.63, 3.8) is 0 Å². The van der Waals surface area contributed by atoms with Gasteiger partial charge in [0.1, 0.15) is 28.0 Å². The van der Waals surface area contributed by atoms with Crippen LogP contribution < -0.4 is 4.90 Å². The molecule has 0 bridgehead atoms. The molecule has 0 radical (unpaired) electrons. The van der Waals surface area contributed by atoms with E-state index in [1.807, 2.05) is 18.2 Å². The van der Waals surface area contributed by atoms with Crippen LogP contribution in [0.4, 0.5) is 10.1 Å². The van der Waals surface area contributed by atoms with Gasteiger partial charge in [-0.2, -0.15) is 9.94 Å². The Kier molecular flexibility index (Phi) is 8.32. The Balaban J connectivity index is 1.51. The number of carbonyl (C=O) groups is 1. The van der Waals surface area contributed by atoms with Crippen LogP contribution in [-0.2, 0) is 6.42 Å². The maximum Gasteiger partial charge on any atom is 0.291 e. The highest BCUT2D eigenvalue weighted by Crippen LogP contribution is 2.44. The maximum absolute atomic E-state index is 13.3. The summed E-state index contributed by atoms with van der Waals surface area (Å²) in [5.41, 5.74) is 2.86. The van der Waals surface area contributed by atoms with Gasteiger partial charge in [-0.1, -0.05) is 101 Å². The van der Waals surface area contributed by atoms with Gasteiger partial charge in [0.05, 0.1) is 0 Å². The average molecular weight is 596 g/mol. The van der Waals surface area contributed by atoms with Gasteiger partial charge in [0.15, 0.2) is 16.8 Å². The molecule has 224 valence electrons. The quantitative estimate of drug-likeness (QED) is 0.286. The Morgan fingerprint density at radius 1 is 1.00 bits per heavy atom. The lowest BCUT2D eigenvalue weighted by Gasteiger charge is -2.41. The molecule has 0 atom stereocenters. The van der Waals surface area contributed by atoms with Crippen LogP contribution in [-0.4, -0.2) is 43.5 Å². The first-order valence-corrected chi connectivity index (χ1v) is 16.6. The van der Waals surface area contributed by atoms with Gasteiger partial charge in [0.2, 0.25) is 0 Å². The molecule has 0 amide bonds. The average Bonchev–Trinajstić information content (AvgIpc) is 3.61. The molecule has 43 heavy (non-hydrogen) atoms. The second-order valence-corrected chi connectivity index (χ2v) is 14.3. The highest BCUT2D eigenvalue weighted by molar-refractivity contribution is 7.19. The summed E-state index contributed by atoms with van der Waals surface area (Å²) in [6.45, 7) is 8.13. The molecule has 0 saturated heterocycles. The minimum atomic E-state index is -0.448. The number of hydrogen-bond donors (Lipinski definition) is 0. The van der Waals surface area contributed by atoms with E-state index in [4.69, 9.17) is 15.0 Å². The summed E-state index contributed by atoms with van der Waals surface area (Å²) in [6, 6.07) is 13.3. The normalized spacial score (nSPS) is 19.5. The first-order chi connectivity index (χ1) is 20.7. The third-order valence-electron chi connectivity index (χ3n) is 8.82. The molecule has 2 fully saturated rings. The fourth-order valence-corrected chi connectivity index (χ4v) is 7.83. The zero-order valence-corrected chi connectivity index (χ0v) is 26.6. The fraction of sp³-hybridized carbons (Fsp3) is 0.529. The fourth-order valence-electron chi connectivity index (χ4n) is 6.72. The summed E-state index contributed by atoms with van der Waals surface area (Å²) in [5.74, 6) is 0.520. The molecule has 3 aromatic rings. The van der Waals surface area contributed by atoms with Crippen molar-refractivity contribution in [3.05, 3.63) is 53.1 Å². The van der Waals surface area contributed by atoms with Crippen molar-refractivity contribution in [3.8, 4) is 17.3 Å². The van der Waals surface area contributed by atoms with E-state index < -0.39 is 5.91 Å². The summed E-state index contributed by atoms with van der Waals surface area (Å²) >= 11 is 1.63. The number of nitrogens with zero attached hydrogens (tertiary/aromatic N) is 7. The van der Waals surface area contributed by atoms with Crippen LogP contribution in [0.25, 0.3) is 11.3 Å². The third-order valence-corrected chi connectivity index (χ3v) is 9.78. The standard InChI is InChI=1S/C34H41N7OS/c1-22-26(21-35)32(42)41-30(36-27(39-41)20-34(2,3)4)28(22)37-31-29(23-14-8-5-9-15-23)38-33(43-31)40(24-16-10-6-11-17-24)25-18-12-7-13-19-25/h5,8-9,14-15,24-25H,6-7,10-13,16-20H2,1-4H3. The number of aromatic nitrogens is 4. The number of nitriles is 1. The summed E-state index contributed by atoms with van der Waals surface area (Å²) in [5, 5.41) is 16.3. The third kappa shape index (κ3) is 6.08. The highest BCUT2D eigenvalue weighted by atomic mass is 32.1.